The van der Waals surface area contributed by atoms with Crippen LogP contribution in [0.3, 0.4) is 0 Å². The average Bonchev–Trinajstić information content (AvgIpc) is 2.95. The predicted octanol–water partition coefficient (Wildman–Crippen LogP) is 1.22. The van der Waals surface area contributed by atoms with Gasteiger partial charge in [0.15, 0.2) is 0 Å². The fourth-order valence-corrected chi connectivity index (χ4v) is 3.45. The van der Waals surface area contributed by atoms with E-state index in [2.05, 4.69) is 24.1 Å². The number of carboxylic acid groups (broad SMARTS) is 1. The molecular weight excluding hydrogens is 290 g/mol. The summed E-state index contributed by atoms with van der Waals surface area (Å²) in [5.74, 6) is -0.296. The van der Waals surface area contributed by atoms with Crippen molar-refractivity contribution in [1.29, 1.82) is 0 Å². The maximum Gasteiger partial charge on any atom is 0.317 e. The molecule has 1 fully saturated rings. The molecule has 21 heavy (non-hydrogen) atoms. The number of carbonyl (C=O) groups excluding carboxylic acids is 1. The smallest absolute Gasteiger partial charge is 0.317 e. The van der Waals surface area contributed by atoms with Gasteiger partial charge in [0, 0.05) is 19.1 Å². The first-order chi connectivity index (χ1) is 9.86. The SMILES string of the molecule is Cc1ncc(C(=O)N[C@H]2CN(CC(=O)O)C[C@@H]2C(C)C)s1. The van der Waals surface area contributed by atoms with Crippen LogP contribution in [0.15, 0.2) is 6.20 Å². The maximum atomic E-state index is 12.2. The van der Waals surface area contributed by atoms with E-state index in [-0.39, 0.29) is 24.4 Å². The minimum absolute atomic E-state index is 0.0146. The van der Waals surface area contributed by atoms with Gasteiger partial charge in [0.1, 0.15) is 4.88 Å². The minimum atomic E-state index is -0.831. The van der Waals surface area contributed by atoms with Crippen LogP contribution in [-0.4, -0.2) is 52.5 Å². The highest BCUT2D eigenvalue weighted by Crippen LogP contribution is 2.25. The number of hydrogen-bond donors (Lipinski definition) is 2. The van der Waals surface area contributed by atoms with Gasteiger partial charge >= 0.3 is 5.97 Å². The standard InChI is InChI=1S/C14H21N3O3S/c1-8(2)10-5-17(7-13(18)19)6-11(10)16-14(20)12-4-15-9(3)21-12/h4,8,10-11H,5-7H2,1-3H3,(H,16,20)(H,18,19)/t10-,11+/m1/s1. The molecule has 0 radical (unpaired) electrons. The van der Waals surface area contributed by atoms with Gasteiger partial charge in [-0.15, -0.1) is 11.3 Å². The summed E-state index contributed by atoms with van der Waals surface area (Å²) in [6.07, 6.45) is 1.59. The number of nitrogens with one attached hydrogen (secondary N) is 1. The molecule has 0 unspecified atom stereocenters. The second kappa shape index (κ2) is 6.53. The molecular formula is C14H21N3O3S. The number of aryl methyl sites for hydroxylation is 1. The topological polar surface area (TPSA) is 82.5 Å². The zero-order valence-corrected chi connectivity index (χ0v) is 13.3. The Bertz CT molecular complexity index is 529. The third kappa shape index (κ3) is 4.01. The van der Waals surface area contributed by atoms with Gasteiger partial charge in [0.05, 0.1) is 17.7 Å². The number of amides is 1. The van der Waals surface area contributed by atoms with Gasteiger partial charge in [-0.25, -0.2) is 4.98 Å². The Labute approximate surface area is 128 Å². The first-order valence-electron chi connectivity index (χ1n) is 7.04. The molecule has 2 heterocycles. The number of hydrogen-bond acceptors (Lipinski definition) is 5. The summed E-state index contributed by atoms with van der Waals surface area (Å²) >= 11 is 1.37. The predicted molar refractivity (Wildman–Crippen MR) is 80.5 cm³/mol. The van der Waals surface area contributed by atoms with Gasteiger partial charge in [0.2, 0.25) is 0 Å². The van der Waals surface area contributed by atoms with Crippen molar-refractivity contribution >= 4 is 23.2 Å². The van der Waals surface area contributed by atoms with Crippen molar-refractivity contribution in [3.63, 3.8) is 0 Å². The lowest BCUT2D eigenvalue weighted by molar-refractivity contribution is -0.138. The first-order valence-corrected chi connectivity index (χ1v) is 7.86. The molecule has 6 nitrogen and oxygen atoms in total. The molecule has 116 valence electrons. The molecule has 2 atom stereocenters. The molecule has 1 aromatic heterocycles. The summed E-state index contributed by atoms with van der Waals surface area (Å²) < 4.78 is 0. The van der Waals surface area contributed by atoms with E-state index in [1.165, 1.54) is 11.3 Å². The highest BCUT2D eigenvalue weighted by Gasteiger charge is 2.36. The van der Waals surface area contributed by atoms with Gasteiger partial charge < -0.3 is 10.4 Å². The Hall–Kier alpha value is -1.47. The molecule has 2 rings (SSSR count). The zero-order chi connectivity index (χ0) is 15.6. The Morgan fingerprint density at radius 2 is 2.24 bits per heavy atom. The van der Waals surface area contributed by atoms with Gasteiger partial charge in [-0.2, -0.15) is 0 Å². The fourth-order valence-electron chi connectivity index (χ4n) is 2.77. The van der Waals surface area contributed by atoms with E-state index < -0.39 is 5.97 Å². The van der Waals surface area contributed by atoms with Crippen molar-refractivity contribution in [3.8, 4) is 0 Å². The third-order valence-electron chi connectivity index (χ3n) is 3.82. The van der Waals surface area contributed by atoms with Crippen LogP contribution < -0.4 is 5.32 Å². The molecule has 0 saturated carbocycles. The summed E-state index contributed by atoms with van der Waals surface area (Å²) in [6, 6.07) is -0.0146. The van der Waals surface area contributed by atoms with Gasteiger partial charge in [-0.1, -0.05) is 13.8 Å². The van der Waals surface area contributed by atoms with Crippen molar-refractivity contribution < 1.29 is 14.7 Å². The van der Waals surface area contributed by atoms with E-state index >= 15 is 0 Å². The zero-order valence-electron chi connectivity index (χ0n) is 12.5. The van der Waals surface area contributed by atoms with Gasteiger partial charge in [-0.05, 0) is 18.8 Å². The second-order valence-electron chi connectivity index (χ2n) is 5.82. The molecule has 0 spiro atoms. The van der Waals surface area contributed by atoms with Crippen LogP contribution in [0.4, 0.5) is 0 Å². The maximum absolute atomic E-state index is 12.2. The van der Waals surface area contributed by atoms with E-state index in [0.717, 1.165) is 5.01 Å². The molecule has 1 aromatic rings. The molecule has 1 saturated heterocycles. The van der Waals surface area contributed by atoms with Crippen molar-refractivity contribution in [1.82, 2.24) is 15.2 Å². The van der Waals surface area contributed by atoms with E-state index in [0.29, 0.717) is 23.9 Å². The van der Waals surface area contributed by atoms with Crippen molar-refractivity contribution in [2.24, 2.45) is 11.8 Å². The van der Waals surface area contributed by atoms with E-state index in [1.54, 1.807) is 6.20 Å². The largest absolute Gasteiger partial charge is 0.480 e. The Morgan fingerprint density at radius 3 is 2.76 bits per heavy atom. The summed E-state index contributed by atoms with van der Waals surface area (Å²) in [6.45, 7) is 7.38. The summed E-state index contributed by atoms with van der Waals surface area (Å²) in [7, 11) is 0. The molecule has 0 bridgehead atoms. The third-order valence-corrected chi connectivity index (χ3v) is 4.73. The molecule has 1 aliphatic rings. The van der Waals surface area contributed by atoms with E-state index in [4.69, 9.17) is 5.11 Å². The number of nitrogens with zero attached hydrogens (tertiary/aromatic N) is 2. The van der Waals surface area contributed by atoms with Crippen molar-refractivity contribution in [3.05, 3.63) is 16.1 Å². The molecule has 1 aliphatic heterocycles. The average molecular weight is 311 g/mol. The normalized spacial score (nSPS) is 22.7. The van der Waals surface area contributed by atoms with Crippen molar-refractivity contribution in [2.75, 3.05) is 19.6 Å². The lowest BCUT2D eigenvalue weighted by Crippen LogP contribution is -2.42. The monoisotopic (exact) mass is 311 g/mol. The lowest BCUT2D eigenvalue weighted by atomic mass is 9.91. The van der Waals surface area contributed by atoms with Gasteiger partial charge in [0.25, 0.3) is 5.91 Å². The van der Waals surface area contributed by atoms with Crippen LogP contribution in [0.1, 0.15) is 28.5 Å². The number of aliphatic carboxylic acids is 1. The second-order valence-corrected chi connectivity index (χ2v) is 7.05. The molecule has 1 amide bonds. The highest BCUT2D eigenvalue weighted by atomic mass is 32.1. The van der Waals surface area contributed by atoms with Crippen LogP contribution >= 0.6 is 11.3 Å². The Kier molecular flexibility index (Phi) is 4.95. The quantitative estimate of drug-likeness (QED) is 0.854. The molecule has 0 aliphatic carbocycles. The van der Waals surface area contributed by atoms with Gasteiger partial charge in [-0.3, -0.25) is 14.5 Å². The fraction of sp³-hybridized carbons (Fsp3) is 0.643. The highest BCUT2D eigenvalue weighted by molar-refractivity contribution is 7.13. The lowest BCUT2D eigenvalue weighted by Gasteiger charge is -2.22. The summed E-state index contributed by atoms with van der Waals surface area (Å²) in [5, 5.41) is 12.8. The van der Waals surface area contributed by atoms with Crippen LogP contribution in [0.25, 0.3) is 0 Å². The number of aromatic nitrogens is 1. The van der Waals surface area contributed by atoms with Crippen LogP contribution in [0.5, 0.6) is 0 Å². The van der Waals surface area contributed by atoms with Crippen molar-refractivity contribution in [2.45, 2.75) is 26.8 Å². The molecule has 2 N–H and O–H groups in total. The van der Waals surface area contributed by atoms with E-state index in [1.807, 2.05) is 11.8 Å². The molecule has 7 heteroatoms. The van der Waals surface area contributed by atoms with Crippen LogP contribution in [0, 0.1) is 18.8 Å². The number of likely N-dealkylation sites (tertiary alicyclic amines) is 1. The van der Waals surface area contributed by atoms with Crippen LogP contribution in [0.2, 0.25) is 0 Å². The summed E-state index contributed by atoms with van der Waals surface area (Å²) in [5.41, 5.74) is 0. The van der Waals surface area contributed by atoms with E-state index in [9.17, 15) is 9.59 Å². The number of rotatable bonds is 5. The summed E-state index contributed by atoms with van der Waals surface area (Å²) in [4.78, 5) is 29.7. The first kappa shape index (κ1) is 15.9. The van der Waals surface area contributed by atoms with Crippen LogP contribution in [-0.2, 0) is 4.79 Å². The number of thiazole rings is 1. The Balaban J connectivity index is 2.02. The minimum Gasteiger partial charge on any atom is -0.480 e. The number of carbonyl (C=O) groups is 2. The molecule has 0 aromatic carbocycles. The Morgan fingerprint density at radius 1 is 1.52 bits per heavy atom. The number of carboxylic acids is 1.